The first kappa shape index (κ1) is 10.2. The van der Waals surface area contributed by atoms with Crippen LogP contribution in [0.4, 0.5) is 0 Å². The molecule has 2 nitrogen and oxygen atoms in total. The predicted molar refractivity (Wildman–Crippen MR) is 31.8 cm³/mol. The smallest absolute Gasteiger partial charge is 0.222 e. The van der Waals surface area contributed by atoms with Crippen LogP contribution in [0.3, 0.4) is 0 Å². The molecule has 0 saturated carbocycles. The van der Waals surface area contributed by atoms with Gasteiger partial charge >= 0.3 is 0 Å². The van der Waals surface area contributed by atoms with Crippen molar-refractivity contribution in [3.05, 3.63) is 0 Å². The van der Waals surface area contributed by atoms with Crippen molar-refractivity contribution in [3.8, 4) is 0 Å². The Morgan fingerprint density at radius 1 is 1.71 bits per heavy atom. The number of hydrogen-bond donors (Lipinski definition) is 1. The van der Waals surface area contributed by atoms with Crippen LogP contribution in [0.15, 0.2) is 0 Å². The van der Waals surface area contributed by atoms with E-state index in [4.69, 9.17) is 17.3 Å². The summed E-state index contributed by atoms with van der Waals surface area (Å²) in [6.45, 7) is 0.350. The van der Waals surface area contributed by atoms with Gasteiger partial charge in [0.15, 0.2) is 0 Å². The molecule has 0 aliphatic carbocycles. The third-order valence-corrected chi connectivity index (χ3v) is 0.530. The molecule has 0 aliphatic rings. The largest absolute Gasteiger partial charge is 0.330 e. The van der Waals surface area contributed by atoms with Crippen molar-refractivity contribution < 1.29 is 4.79 Å². The second-order valence-electron chi connectivity index (χ2n) is 0.894. The van der Waals surface area contributed by atoms with E-state index in [1.807, 2.05) is 0 Å². The van der Waals surface area contributed by atoms with E-state index < -0.39 is 0 Å². The minimum absolute atomic E-state index is 0. The Hall–Kier alpha value is 0.210. The Morgan fingerprint density at radius 3 is 2.14 bits per heavy atom. The van der Waals surface area contributed by atoms with Crippen molar-refractivity contribution in [1.82, 2.24) is 0 Å². The van der Waals surface area contributed by atoms with Crippen molar-refractivity contribution >= 4 is 29.3 Å². The molecule has 0 aliphatic heterocycles. The monoisotopic (exact) mass is 143 g/mol. The summed E-state index contributed by atoms with van der Waals surface area (Å²) in [6, 6.07) is 0. The van der Waals surface area contributed by atoms with Crippen LogP contribution in [0.25, 0.3) is 0 Å². The average molecular weight is 144 g/mol. The fourth-order valence-corrected chi connectivity index (χ4v) is 0.223. The Morgan fingerprint density at radius 2 is 2.14 bits per heavy atom. The van der Waals surface area contributed by atoms with E-state index in [-0.39, 0.29) is 24.1 Å². The molecule has 0 fully saturated rings. The summed E-state index contributed by atoms with van der Waals surface area (Å²) >= 11 is 4.86. The minimum atomic E-state index is -0.363. The number of carbonyl (C=O) groups excluding carboxylic acids is 1. The number of nitrogens with two attached hydrogens (primary N) is 1. The molecule has 0 radical (unpaired) electrons. The molecule has 44 valence electrons. The number of hydrogen-bond acceptors (Lipinski definition) is 2. The minimum Gasteiger partial charge on any atom is -0.330 e. The van der Waals surface area contributed by atoms with Crippen LogP contribution in [0, 0.1) is 0 Å². The van der Waals surface area contributed by atoms with Crippen molar-refractivity contribution in [2.45, 2.75) is 6.42 Å². The zero-order chi connectivity index (χ0) is 4.99. The van der Waals surface area contributed by atoms with Crippen molar-refractivity contribution in [3.63, 3.8) is 0 Å². The van der Waals surface area contributed by atoms with Crippen LogP contribution in [0.1, 0.15) is 6.42 Å². The summed E-state index contributed by atoms with van der Waals surface area (Å²) in [5, 5.41) is -0.363. The molecular formula is C3H7Cl2NO. The third kappa shape index (κ3) is 10.7. The fourth-order valence-electron chi connectivity index (χ4n) is 0.113. The second kappa shape index (κ2) is 6.21. The van der Waals surface area contributed by atoms with Crippen molar-refractivity contribution in [2.24, 2.45) is 5.73 Å². The molecule has 0 rings (SSSR count). The average Bonchev–Trinajstić information content (AvgIpc) is 1.35. The van der Waals surface area contributed by atoms with Crippen LogP contribution in [0.5, 0.6) is 0 Å². The summed E-state index contributed by atoms with van der Waals surface area (Å²) in [5.41, 5.74) is 4.92. The van der Waals surface area contributed by atoms with E-state index in [0.29, 0.717) is 6.54 Å². The van der Waals surface area contributed by atoms with E-state index in [1.165, 1.54) is 0 Å². The van der Waals surface area contributed by atoms with E-state index in [9.17, 15) is 4.79 Å². The molecule has 0 aromatic rings. The maximum atomic E-state index is 9.73. The highest BCUT2D eigenvalue weighted by atomic mass is 35.5. The SMILES string of the molecule is Cl.NCCC(=O)Cl. The highest BCUT2D eigenvalue weighted by Gasteiger charge is 1.87. The van der Waals surface area contributed by atoms with Gasteiger partial charge in [0.05, 0.1) is 0 Å². The van der Waals surface area contributed by atoms with Gasteiger partial charge in [0.25, 0.3) is 0 Å². The molecule has 0 saturated heterocycles. The molecule has 4 heteroatoms. The molecule has 2 N–H and O–H groups in total. The Bertz CT molecular complexity index is 56.9. The summed E-state index contributed by atoms with van der Waals surface area (Å²) in [5.74, 6) is 0. The van der Waals surface area contributed by atoms with Crippen LogP contribution >= 0.6 is 24.0 Å². The molecule has 0 spiro atoms. The van der Waals surface area contributed by atoms with E-state index in [1.54, 1.807) is 0 Å². The fraction of sp³-hybridized carbons (Fsp3) is 0.667. The molecule has 7 heavy (non-hydrogen) atoms. The van der Waals surface area contributed by atoms with E-state index in [2.05, 4.69) is 0 Å². The Labute approximate surface area is 53.4 Å². The second-order valence-corrected chi connectivity index (χ2v) is 1.32. The molecule has 0 aromatic heterocycles. The number of halogens is 2. The lowest BCUT2D eigenvalue weighted by molar-refractivity contribution is -0.111. The Kier molecular flexibility index (Phi) is 9.09. The Balaban J connectivity index is 0. The first-order chi connectivity index (χ1) is 2.77. The summed E-state index contributed by atoms with van der Waals surface area (Å²) in [6.07, 6.45) is 0.279. The molecule has 0 bridgehead atoms. The van der Waals surface area contributed by atoms with Gasteiger partial charge in [-0.1, -0.05) is 0 Å². The molecule has 0 heterocycles. The van der Waals surface area contributed by atoms with Gasteiger partial charge < -0.3 is 5.73 Å². The topological polar surface area (TPSA) is 43.1 Å². The molecular weight excluding hydrogens is 137 g/mol. The van der Waals surface area contributed by atoms with Gasteiger partial charge in [-0.05, 0) is 11.6 Å². The third-order valence-electron chi connectivity index (χ3n) is 0.341. The summed E-state index contributed by atoms with van der Waals surface area (Å²) in [4.78, 5) is 9.73. The lowest BCUT2D eigenvalue weighted by Crippen LogP contribution is -2.01. The molecule has 0 amide bonds. The highest BCUT2D eigenvalue weighted by molar-refractivity contribution is 6.63. The van der Waals surface area contributed by atoms with Gasteiger partial charge in [-0.15, -0.1) is 12.4 Å². The zero-order valence-corrected chi connectivity index (χ0v) is 5.26. The predicted octanol–water partition coefficient (Wildman–Crippen LogP) is 0.522. The molecule has 0 atom stereocenters. The van der Waals surface area contributed by atoms with Gasteiger partial charge in [-0.2, -0.15) is 0 Å². The maximum absolute atomic E-state index is 9.73. The van der Waals surface area contributed by atoms with Crippen molar-refractivity contribution in [1.29, 1.82) is 0 Å². The quantitative estimate of drug-likeness (QED) is 0.574. The first-order valence-corrected chi connectivity index (χ1v) is 2.03. The summed E-state index contributed by atoms with van der Waals surface area (Å²) in [7, 11) is 0. The van der Waals surface area contributed by atoms with Gasteiger partial charge in [0.1, 0.15) is 0 Å². The van der Waals surface area contributed by atoms with Crippen molar-refractivity contribution in [2.75, 3.05) is 6.54 Å². The maximum Gasteiger partial charge on any atom is 0.222 e. The molecule has 0 unspecified atom stereocenters. The normalized spacial score (nSPS) is 7.14. The van der Waals surface area contributed by atoms with Crippen LogP contribution in [0.2, 0.25) is 0 Å². The first-order valence-electron chi connectivity index (χ1n) is 1.65. The lowest BCUT2D eigenvalue weighted by atomic mass is 10.5. The zero-order valence-electron chi connectivity index (χ0n) is 3.69. The summed E-state index contributed by atoms with van der Waals surface area (Å²) < 4.78 is 0. The van der Waals surface area contributed by atoms with E-state index >= 15 is 0 Å². The van der Waals surface area contributed by atoms with Crippen LogP contribution < -0.4 is 5.73 Å². The van der Waals surface area contributed by atoms with Gasteiger partial charge in [0, 0.05) is 13.0 Å². The van der Waals surface area contributed by atoms with Gasteiger partial charge in [0.2, 0.25) is 5.24 Å². The lowest BCUT2D eigenvalue weighted by Gasteiger charge is -1.78. The van der Waals surface area contributed by atoms with E-state index in [0.717, 1.165) is 0 Å². The van der Waals surface area contributed by atoms with Gasteiger partial charge in [-0.25, -0.2) is 0 Å². The van der Waals surface area contributed by atoms with Crippen LogP contribution in [-0.2, 0) is 4.79 Å². The number of rotatable bonds is 2. The highest BCUT2D eigenvalue weighted by Crippen LogP contribution is 1.81. The van der Waals surface area contributed by atoms with Crippen LogP contribution in [-0.4, -0.2) is 11.8 Å². The van der Waals surface area contributed by atoms with Gasteiger partial charge in [-0.3, -0.25) is 4.79 Å². The standard InChI is InChI=1S/C3H6ClNO.ClH/c4-3(6)1-2-5;/h1-2,5H2;1H. The number of carbonyl (C=O) groups is 1. The molecule has 0 aromatic carbocycles.